The largest absolute Gasteiger partial charge is 0.342 e. The summed E-state index contributed by atoms with van der Waals surface area (Å²) in [5.41, 5.74) is 4.40. The van der Waals surface area contributed by atoms with E-state index in [0.717, 1.165) is 41.7 Å². The first-order valence-corrected chi connectivity index (χ1v) is 11.5. The van der Waals surface area contributed by atoms with Crippen molar-refractivity contribution in [2.75, 3.05) is 18.8 Å². The second kappa shape index (κ2) is 9.04. The highest BCUT2D eigenvalue weighted by molar-refractivity contribution is 7.99. The Kier molecular flexibility index (Phi) is 6.23. The summed E-state index contributed by atoms with van der Waals surface area (Å²) in [4.78, 5) is 14.8. The van der Waals surface area contributed by atoms with E-state index >= 15 is 0 Å². The van der Waals surface area contributed by atoms with Gasteiger partial charge in [0.25, 0.3) is 0 Å². The molecule has 0 spiro atoms. The van der Waals surface area contributed by atoms with Crippen LogP contribution >= 0.6 is 11.8 Å². The molecule has 1 aliphatic rings. The summed E-state index contributed by atoms with van der Waals surface area (Å²) < 4.78 is 2.06. The second-order valence-corrected chi connectivity index (χ2v) is 9.16. The van der Waals surface area contributed by atoms with Gasteiger partial charge >= 0.3 is 0 Å². The Morgan fingerprint density at radius 1 is 1.10 bits per heavy atom. The van der Waals surface area contributed by atoms with Gasteiger partial charge < -0.3 is 4.90 Å². The van der Waals surface area contributed by atoms with Gasteiger partial charge in [0, 0.05) is 24.3 Å². The highest BCUT2D eigenvalue weighted by Gasteiger charge is 2.23. The first-order valence-electron chi connectivity index (χ1n) is 10.5. The van der Waals surface area contributed by atoms with Crippen LogP contribution in [0.4, 0.5) is 0 Å². The average molecular weight is 421 g/mol. The SMILES string of the molecule is Cc1ccc(-n2c(SCC(=O)N3CCCC(C)C3)nnc2-c2cccc(C)c2)cc1. The van der Waals surface area contributed by atoms with Gasteiger partial charge in [-0.05, 0) is 50.8 Å². The molecule has 156 valence electrons. The summed E-state index contributed by atoms with van der Waals surface area (Å²) in [5.74, 6) is 1.94. The summed E-state index contributed by atoms with van der Waals surface area (Å²) in [5, 5.41) is 9.70. The van der Waals surface area contributed by atoms with E-state index in [1.54, 1.807) is 0 Å². The lowest BCUT2D eigenvalue weighted by molar-refractivity contribution is -0.130. The van der Waals surface area contributed by atoms with Crippen molar-refractivity contribution in [3.8, 4) is 17.1 Å². The molecular weight excluding hydrogens is 392 g/mol. The number of aryl methyl sites for hydroxylation is 2. The van der Waals surface area contributed by atoms with E-state index in [2.05, 4.69) is 78.0 Å². The van der Waals surface area contributed by atoms with Crippen LogP contribution in [-0.2, 0) is 4.79 Å². The van der Waals surface area contributed by atoms with E-state index in [1.807, 2.05) is 11.0 Å². The number of hydrogen-bond acceptors (Lipinski definition) is 4. The molecule has 0 radical (unpaired) electrons. The maximum absolute atomic E-state index is 12.8. The summed E-state index contributed by atoms with van der Waals surface area (Å²) >= 11 is 1.47. The minimum absolute atomic E-state index is 0.183. The number of hydrogen-bond donors (Lipinski definition) is 0. The van der Waals surface area contributed by atoms with Crippen molar-refractivity contribution in [2.24, 2.45) is 5.92 Å². The van der Waals surface area contributed by atoms with Crippen LogP contribution in [0.1, 0.15) is 30.9 Å². The summed E-state index contributed by atoms with van der Waals surface area (Å²) in [6, 6.07) is 16.6. The molecule has 30 heavy (non-hydrogen) atoms. The predicted octanol–water partition coefficient (Wildman–Crippen LogP) is 4.90. The molecule has 1 amide bonds. The highest BCUT2D eigenvalue weighted by Crippen LogP contribution is 2.29. The fraction of sp³-hybridized carbons (Fsp3) is 0.375. The van der Waals surface area contributed by atoms with Crippen molar-refractivity contribution in [2.45, 2.75) is 38.8 Å². The Morgan fingerprint density at radius 2 is 1.90 bits per heavy atom. The molecule has 1 unspecified atom stereocenters. The van der Waals surface area contributed by atoms with Gasteiger partial charge in [0.1, 0.15) is 0 Å². The van der Waals surface area contributed by atoms with E-state index in [9.17, 15) is 4.79 Å². The third kappa shape index (κ3) is 4.59. The van der Waals surface area contributed by atoms with Crippen LogP contribution in [0.5, 0.6) is 0 Å². The topological polar surface area (TPSA) is 51.0 Å². The number of carbonyl (C=O) groups is 1. The van der Waals surface area contributed by atoms with Gasteiger partial charge in [-0.15, -0.1) is 10.2 Å². The van der Waals surface area contributed by atoms with Crippen molar-refractivity contribution in [1.29, 1.82) is 0 Å². The number of amides is 1. The predicted molar refractivity (Wildman–Crippen MR) is 122 cm³/mol. The number of thioether (sulfide) groups is 1. The van der Waals surface area contributed by atoms with Crippen molar-refractivity contribution in [1.82, 2.24) is 19.7 Å². The molecule has 4 rings (SSSR count). The Bertz CT molecular complexity index is 1030. The fourth-order valence-electron chi connectivity index (χ4n) is 3.89. The van der Waals surface area contributed by atoms with Crippen LogP contribution in [0, 0.1) is 19.8 Å². The normalized spacial score (nSPS) is 16.6. The van der Waals surface area contributed by atoms with Gasteiger partial charge in [0.2, 0.25) is 5.91 Å². The number of benzene rings is 2. The zero-order valence-electron chi connectivity index (χ0n) is 17.8. The lowest BCUT2D eigenvalue weighted by Crippen LogP contribution is -2.40. The van der Waals surface area contributed by atoms with Crippen LogP contribution in [0.2, 0.25) is 0 Å². The van der Waals surface area contributed by atoms with E-state index in [0.29, 0.717) is 11.7 Å². The van der Waals surface area contributed by atoms with Crippen LogP contribution in [0.25, 0.3) is 17.1 Å². The maximum atomic E-state index is 12.8. The van der Waals surface area contributed by atoms with E-state index in [-0.39, 0.29) is 5.91 Å². The molecule has 1 fully saturated rings. The molecule has 1 aliphatic heterocycles. The molecule has 2 heterocycles. The van der Waals surface area contributed by atoms with Crippen molar-refractivity contribution < 1.29 is 4.79 Å². The lowest BCUT2D eigenvalue weighted by Gasteiger charge is -2.30. The first kappa shape index (κ1) is 20.7. The van der Waals surface area contributed by atoms with Crippen LogP contribution < -0.4 is 0 Å². The molecule has 1 atom stereocenters. The minimum Gasteiger partial charge on any atom is -0.342 e. The van der Waals surface area contributed by atoms with Gasteiger partial charge in [-0.1, -0.05) is 60.1 Å². The summed E-state index contributed by atoms with van der Waals surface area (Å²) in [6.45, 7) is 8.09. The number of rotatable bonds is 5. The average Bonchev–Trinajstić information content (AvgIpc) is 3.16. The zero-order chi connectivity index (χ0) is 21.1. The maximum Gasteiger partial charge on any atom is 0.233 e. The standard InChI is InChI=1S/C24H28N4OS/c1-17-9-11-21(12-10-17)28-23(20-8-4-6-18(2)14-20)25-26-24(28)30-16-22(29)27-13-5-7-19(3)15-27/h4,6,8-12,14,19H,5,7,13,15-16H2,1-3H3. The number of aromatic nitrogens is 3. The molecule has 1 aromatic heterocycles. The quantitative estimate of drug-likeness (QED) is 0.551. The molecule has 6 heteroatoms. The van der Waals surface area contributed by atoms with Crippen molar-refractivity contribution in [3.63, 3.8) is 0 Å². The van der Waals surface area contributed by atoms with Gasteiger partial charge in [-0.3, -0.25) is 9.36 Å². The Balaban J connectivity index is 1.62. The van der Waals surface area contributed by atoms with E-state index < -0.39 is 0 Å². The molecule has 0 N–H and O–H groups in total. The van der Waals surface area contributed by atoms with Gasteiger partial charge in [-0.2, -0.15) is 0 Å². The van der Waals surface area contributed by atoms with Gasteiger partial charge in [0.05, 0.1) is 5.75 Å². The Hall–Kier alpha value is -2.60. The van der Waals surface area contributed by atoms with Gasteiger partial charge in [0.15, 0.2) is 11.0 Å². The van der Waals surface area contributed by atoms with Crippen molar-refractivity contribution >= 4 is 17.7 Å². The number of piperidine rings is 1. The Morgan fingerprint density at radius 3 is 2.63 bits per heavy atom. The smallest absolute Gasteiger partial charge is 0.233 e. The van der Waals surface area contributed by atoms with Crippen LogP contribution in [0.3, 0.4) is 0 Å². The molecule has 0 bridgehead atoms. The fourth-order valence-corrected chi connectivity index (χ4v) is 4.75. The molecule has 3 aromatic rings. The molecule has 0 aliphatic carbocycles. The van der Waals surface area contributed by atoms with E-state index in [4.69, 9.17) is 0 Å². The third-order valence-corrected chi connectivity index (χ3v) is 6.45. The monoisotopic (exact) mass is 420 g/mol. The molecule has 1 saturated heterocycles. The van der Waals surface area contributed by atoms with Gasteiger partial charge in [-0.25, -0.2) is 0 Å². The highest BCUT2D eigenvalue weighted by atomic mass is 32.2. The molecule has 5 nitrogen and oxygen atoms in total. The second-order valence-electron chi connectivity index (χ2n) is 8.22. The zero-order valence-corrected chi connectivity index (χ0v) is 18.7. The molecular formula is C24H28N4OS. The minimum atomic E-state index is 0.183. The number of likely N-dealkylation sites (tertiary alicyclic amines) is 1. The summed E-state index contributed by atoms with van der Waals surface area (Å²) in [6.07, 6.45) is 2.30. The Labute approximate surface area is 182 Å². The first-order chi connectivity index (χ1) is 14.5. The number of nitrogens with zero attached hydrogens (tertiary/aromatic N) is 4. The van der Waals surface area contributed by atoms with Crippen LogP contribution in [-0.4, -0.2) is 44.4 Å². The summed E-state index contributed by atoms with van der Waals surface area (Å²) in [7, 11) is 0. The number of carbonyl (C=O) groups excluding carboxylic acids is 1. The van der Waals surface area contributed by atoms with Crippen LogP contribution in [0.15, 0.2) is 53.7 Å². The third-order valence-electron chi connectivity index (χ3n) is 5.54. The van der Waals surface area contributed by atoms with Crippen molar-refractivity contribution in [3.05, 3.63) is 59.7 Å². The lowest BCUT2D eigenvalue weighted by atomic mass is 10.0. The molecule has 2 aromatic carbocycles. The molecule has 0 saturated carbocycles. The van der Waals surface area contributed by atoms with E-state index in [1.165, 1.54) is 29.3 Å².